The van der Waals surface area contributed by atoms with Crippen molar-refractivity contribution in [2.45, 2.75) is 32.6 Å². The molecule has 0 bridgehead atoms. The van der Waals surface area contributed by atoms with E-state index in [1.165, 1.54) is 18.2 Å². The van der Waals surface area contributed by atoms with Gasteiger partial charge in [0.05, 0.1) is 11.3 Å². The van der Waals surface area contributed by atoms with Crippen LogP contribution < -0.4 is 15.6 Å². The Morgan fingerprint density at radius 3 is 2.48 bits per heavy atom. The number of nitrogens with zero attached hydrogens (tertiary/aromatic N) is 3. The molecule has 4 aromatic rings. The van der Waals surface area contributed by atoms with Gasteiger partial charge in [0, 0.05) is 36.4 Å². The molecule has 210 valence electrons. The van der Waals surface area contributed by atoms with Gasteiger partial charge in [0.1, 0.15) is 29.7 Å². The van der Waals surface area contributed by atoms with Crippen molar-refractivity contribution in [3.63, 3.8) is 0 Å². The first-order valence-corrected chi connectivity index (χ1v) is 13.5. The van der Waals surface area contributed by atoms with Crippen molar-refractivity contribution in [1.82, 2.24) is 19.8 Å². The fourth-order valence-corrected chi connectivity index (χ4v) is 5.16. The van der Waals surface area contributed by atoms with Crippen LogP contribution in [-0.2, 0) is 0 Å². The molecule has 9 heteroatoms. The molecule has 0 aliphatic carbocycles. The maximum Gasteiger partial charge on any atom is 0.255 e. The van der Waals surface area contributed by atoms with E-state index in [0.717, 1.165) is 61.1 Å². The summed E-state index contributed by atoms with van der Waals surface area (Å²) in [5.74, 6) is 0.136. The van der Waals surface area contributed by atoms with Crippen LogP contribution in [0.5, 0.6) is 5.75 Å². The third kappa shape index (κ3) is 5.85. The Balaban J connectivity index is 1.59. The molecule has 0 spiro atoms. The number of likely N-dealkylation sites (N-methyl/N-ethyl adjacent to an activating group) is 1. The minimum Gasteiger partial charge on any atom is -0.492 e. The minimum absolute atomic E-state index is 0.0766. The highest BCUT2D eigenvalue weighted by atomic mass is 19.1. The molecule has 40 heavy (non-hydrogen) atoms. The second-order valence-corrected chi connectivity index (χ2v) is 10.6. The summed E-state index contributed by atoms with van der Waals surface area (Å²) in [6.45, 7) is 6.88. The second kappa shape index (κ2) is 11.7. The molecule has 1 fully saturated rings. The Labute approximate surface area is 232 Å². The van der Waals surface area contributed by atoms with Crippen molar-refractivity contribution in [2.75, 3.05) is 40.3 Å². The van der Waals surface area contributed by atoms with Crippen LogP contribution in [0.15, 0.2) is 57.9 Å². The van der Waals surface area contributed by atoms with E-state index < -0.39 is 11.6 Å². The lowest BCUT2D eigenvalue weighted by Gasteiger charge is -2.19. The van der Waals surface area contributed by atoms with Gasteiger partial charge >= 0.3 is 0 Å². The number of piperidine rings is 1. The van der Waals surface area contributed by atoms with E-state index in [0.29, 0.717) is 23.8 Å². The van der Waals surface area contributed by atoms with Gasteiger partial charge in [0.15, 0.2) is 11.7 Å². The van der Waals surface area contributed by atoms with Crippen molar-refractivity contribution in [3.05, 3.63) is 87.7 Å². The molecule has 1 aliphatic heterocycles. The van der Waals surface area contributed by atoms with Crippen molar-refractivity contribution in [3.8, 4) is 34.0 Å². The highest BCUT2D eigenvalue weighted by molar-refractivity contribution is 5.77. The van der Waals surface area contributed by atoms with Gasteiger partial charge in [-0.15, -0.1) is 0 Å². The normalized spacial score (nSPS) is 14.2. The topological polar surface area (TPSA) is 72.5 Å². The van der Waals surface area contributed by atoms with Crippen molar-refractivity contribution in [2.24, 2.45) is 0 Å². The lowest BCUT2D eigenvalue weighted by Crippen LogP contribution is -2.26. The van der Waals surface area contributed by atoms with Crippen LogP contribution in [-0.4, -0.2) is 54.8 Å². The van der Waals surface area contributed by atoms with Gasteiger partial charge in [0.25, 0.3) is 5.56 Å². The maximum atomic E-state index is 15.0. The van der Waals surface area contributed by atoms with Gasteiger partial charge < -0.3 is 19.4 Å². The molecular formula is C31H34F2N4O3. The molecule has 2 aromatic heterocycles. The predicted molar refractivity (Wildman–Crippen MR) is 151 cm³/mol. The molecule has 0 atom stereocenters. The zero-order valence-corrected chi connectivity index (χ0v) is 23.3. The van der Waals surface area contributed by atoms with E-state index in [4.69, 9.17) is 14.1 Å². The standard InChI is InChI=1S/C31H34F2N4O3/c1-19-15-24(39-14-13-36(3)4)16-20(2)29(19)37-18-22(5-8-27(37)38)28-30(25-7-6-23(32)17-26(25)33)40-31(35-28)21-9-11-34-12-10-21/h5-8,15-18,21,34H,9-14H2,1-4H3. The van der Waals surface area contributed by atoms with E-state index in [1.807, 2.05) is 45.0 Å². The zero-order chi connectivity index (χ0) is 28.4. The number of aromatic nitrogens is 2. The summed E-state index contributed by atoms with van der Waals surface area (Å²) in [7, 11) is 3.98. The van der Waals surface area contributed by atoms with Crippen molar-refractivity contribution in [1.29, 1.82) is 0 Å². The number of hydrogen-bond acceptors (Lipinski definition) is 6. The first-order chi connectivity index (χ1) is 19.2. The molecule has 5 rings (SSSR count). The molecule has 1 saturated heterocycles. The fourth-order valence-electron chi connectivity index (χ4n) is 5.16. The Kier molecular flexibility index (Phi) is 8.14. The summed E-state index contributed by atoms with van der Waals surface area (Å²) >= 11 is 0. The molecule has 0 unspecified atom stereocenters. The Hall–Kier alpha value is -3.82. The summed E-state index contributed by atoms with van der Waals surface area (Å²) in [5, 5.41) is 3.33. The van der Waals surface area contributed by atoms with Gasteiger partial charge in [-0.05, 0) is 95.3 Å². The highest BCUT2D eigenvalue weighted by Gasteiger charge is 2.26. The van der Waals surface area contributed by atoms with Crippen LogP contribution in [0.2, 0.25) is 0 Å². The monoisotopic (exact) mass is 548 g/mol. The number of hydrogen-bond donors (Lipinski definition) is 1. The number of rotatable bonds is 8. The number of nitrogens with one attached hydrogen (secondary N) is 1. The average molecular weight is 549 g/mol. The molecule has 3 heterocycles. The largest absolute Gasteiger partial charge is 0.492 e. The van der Waals surface area contributed by atoms with E-state index >= 15 is 0 Å². The van der Waals surface area contributed by atoms with Crippen molar-refractivity contribution < 1.29 is 17.9 Å². The van der Waals surface area contributed by atoms with Crippen LogP contribution in [0, 0.1) is 25.5 Å². The molecule has 1 N–H and O–H groups in total. The van der Waals surface area contributed by atoms with Crippen molar-refractivity contribution >= 4 is 0 Å². The van der Waals surface area contributed by atoms with Crippen LogP contribution in [0.3, 0.4) is 0 Å². The first kappa shape index (κ1) is 27.7. The fraction of sp³-hybridized carbons (Fsp3) is 0.355. The summed E-state index contributed by atoms with van der Waals surface area (Å²) in [6.07, 6.45) is 3.39. The smallest absolute Gasteiger partial charge is 0.255 e. The van der Waals surface area contributed by atoms with Crippen LogP contribution in [0.4, 0.5) is 8.78 Å². The number of oxazole rings is 1. The van der Waals surface area contributed by atoms with E-state index in [2.05, 4.69) is 5.32 Å². The third-order valence-electron chi connectivity index (χ3n) is 7.21. The summed E-state index contributed by atoms with van der Waals surface area (Å²) in [4.78, 5) is 20.0. The Morgan fingerprint density at radius 1 is 1.07 bits per heavy atom. The lowest BCUT2D eigenvalue weighted by molar-refractivity contribution is 0.261. The second-order valence-electron chi connectivity index (χ2n) is 10.6. The summed E-state index contributed by atoms with van der Waals surface area (Å²) < 4.78 is 42.4. The molecule has 0 saturated carbocycles. The minimum atomic E-state index is -0.737. The van der Waals surface area contributed by atoms with E-state index in [-0.39, 0.29) is 22.8 Å². The molecule has 1 aliphatic rings. The average Bonchev–Trinajstić information content (AvgIpc) is 3.35. The SMILES string of the molecule is Cc1cc(OCCN(C)C)cc(C)c1-n1cc(-c2nc(C3CCNCC3)oc2-c2ccc(F)cc2F)ccc1=O. The van der Waals surface area contributed by atoms with Gasteiger partial charge in [-0.2, -0.15) is 0 Å². The number of halogens is 2. The highest BCUT2D eigenvalue weighted by Crippen LogP contribution is 2.38. The maximum absolute atomic E-state index is 15.0. The molecule has 0 radical (unpaired) electrons. The van der Waals surface area contributed by atoms with Crippen LogP contribution in [0.25, 0.3) is 28.3 Å². The summed E-state index contributed by atoms with van der Waals surface area (Å²) in [6, 6.07) is 10.4. The number of benzene rings is 2. The third-order valence-corrected chi connectivity index (χ3v) is 7.21. The van der Waals surface area contributed by atoms with Crippen LogP contribution in [0.1, 0.15) is 35.8 Å². The van der Waals surface area contributed by atoms with Gasteiger partial charge in [0.2, 0.25) is 0 Å². The molecule has 0 amide bonds. The number of aryl methyl sites for hydroxylation is 2. The van der Waals surface area contributed by atoms with Gasteiger partial charge in [-0.1, -0.05) is 0 Å². The van der Waals surface area contributed by atoms with E-state index in [1.54, 1.807) is 16.8 Å². The van der Waals surface area contributed by atoms with Gasteiger partial charge in [-0.25, -0.2) is 13.8 Å². The Morgan fingerprint density at radius 2 is 1.80 bits per heavy atom. The molecule has 7 nitrogen and oxygen atoms in total. The number of pyridine rings is 1. The summed E-state index contributed by atoms with van der Waals surface area (Å²) in [5.41, 5.74) is 3.39. The molecule has 2 aromatic carbocycles. The van der Waals surface area contributed by atoms with Gasteiger partial charge in [-0.3, -0.25) is 9.36 Å². The Bertz CT molecular complexity index is 1550. The molecular weight excluding hydrogens is 514 g/mol. The number of ether oxygens (including phenoxy) is 1. The lowest BCUT2D eigenvalue weighted by atomic mass is 9.98. The zero-order valence-electron chi connectivity index (χ0n) is 23.3. The van der Waals surface area contributed by atoms with Crippen LogP contribution >= 0.6 is 0 Å². The predicted octanol–water partition coefficient (Wildman–Crippen LogP) is 5.46. The van der Waals surface area contributed by atoms with E-state index in [9.17, 15) is 13.6 Å². The first-order valence-electron chi connectivity index (χ1n) is 13.5. The quantitative estimate of drug-likeness (QED) is 0.315.